The van der Waals surface area contributed by atoms with Gasteiger partial charge in [0.05, 0.1) is 40.0 Å². The van der Waals surface area contributed by atoms with Crippen molar-refractivity contribution >= 4 is 50.1 Å². The normalized spacial score (nSPS) is 15.1. The van der Waals surface area contributed by atoms with Crippen LogP contribution in [-0.2, 0) is 16.6 Å². The van der Waals surface area contributed by atoms with E-state index in [9.17, 15) is 13.7 Å². The van der Waals surface area contributed by atoms with Gasteiger partial charge in [-0.3, -0.25) is 14.6 Å². The fraction of sp³-hybridized carbons (Fsp3) is 0.375. The number of sulfonamides is 1. The number of halogens is 2. The molecule has 35 heavy (non-hydrogen) atoms. The van der Waals surface area contributed by atoms with Gasteiger partial charge in [0.25, 0.3) is 0 Å². The van der Waals surface area contributed by atoms with E-state index in [-0.39, 0.29) is 5.82 Å². The molecule has 1 aliphatic rings. The van der Waals surface area contributed by atoms with Crippen molar-refractivity contribution in [1.82, 2.24) is 14.9 Å². The highest BCUT2D eigenvalue weighted by molar-refractivity contribution is 7.92. The van der Waals surface area contributed by atoms with Crippen LogP contribution in [-0.4, -0.2) is 55.1 Å². The number of aromatic nitrogens is 2. The smallest absolute Gasteiger partial charge is 0.231 e. The minimum Gasteiger partial charge on any atom is -0.489 e. The maximum absolute atomic E-state index is 11.4. The summed E-state index contributed by atoms with van der Waals surface area (Å²) in [6, 6.07) is 11.8. The third kappa shape index (κ3) is 6.53. The van der Waals surface area contributed by atoms with Crippen molar-refractivity contribution in [3.05, 3.63) is 58.2 Å². The van der Waals surface area contributed by atoms with Crippen LogP contribution in [0.3, 0.4) is 0 Å². The molecule has 1 fully saturated rings. The average Bonchev–Trinajstić information content (AvgIpc) is 2.82. The van der Waals surface area contributed by atoms with Crippen molar-refractivity contribution in [2.24, 2.45) is 0 Å². The number of anilines is 1. The van der Waals surface area contributed by atoms with Gasteiger partial charge in [0.15, 0.2) is 11.6 Å². The van der Waals surface area contributed by atoms with Crippen LogP contribution in [0.2, 0.25) is 5.02 Å². The van der Waals surface area contributed by atoms with Crippen LogP contribution >= 0.6 is 23.2 Å². The summed E-state index contributed by atoms with van der Waals surface area (Å²) in [7, 11) is -3.40. The molecule has 184 valence electrons. The molecule has 0 bridgehead atoms. The zero-order chi connectivity index (χ0) is 25.0. The van der Waals surface area contributed by atoms with E-state index >= 15 is 0 Å². The van der Waals surface area contributed by atoms with E-state index in [0.29, 0.717) is 46.8 Å². The number of rotatable bonds is 8. The molecule has 3 aromatic rings. The first-order chi connectivity index (χ1) is 16.8. The number of nitriles is 1. The Labute approximate surface area is 214 Å². The number of benzene rings is 2. The van der Waals surface area contributed by atoms with Gasteiger partial charge in [0.1, 0.15) is 12.7 Å². The van der Waals surface area contributed by atoms with E-state index in [0.717, 1.165) is 43.3 Å². The molecule has 2 aromatic carbocycles. The lowest BCUT2D eigenvalue weighted by Gasteiger charge is -2.32. The van der Waals surface area contributed by atoms with E-state index in [1.54, 1.807) is 0 Å². The fourth-order valence-electron chi connectivity index (χ4n) is 4.31. The Morgan fingerprint density at radius 2 is 2.00 bits per heavy atom. The number of nitrogens with one attached hydrogen (secondary N) is 1. The Kier molecular flexibility index (Phi) is 7.97. The molecule has 1 N–H and O–H groups in total. The number of alkyl halides is 1. The average molecular weight is 534 g/mol. The van der Waals surface area contributed by atoms with Crippen molar-refractivity contribution in [2.75, 3.05) is 36.6 Å². The summed E-state index contributed by atoms with van der Waals surface area (Å²) in [4.78, 5) is 11.1. The number of hydrogen-bond acceptors (Lipinski definition) is 7. The second-order valence-corrected chi connectivity index (χ2v) is 11.1. The Morgan fingerprint density at radius 1 is 1.23 bits per heavy atom. The van der Waals surface area contributed by atoms with E-state index in [1.165, 1.54) is 11.8 Å². The Balaban J connectivity index is 1.40. The van der Waals surface area contributed by atoms with Crippen LogP contribution in [0.15, 0.2) is 36.5 Å². The topological polar surface area (TPSA) is 108 Å². The van der Waals surface area contributed by atoms with Gasteiger partial charge in [-0.1, -0.05) is 17.7 Å². The zero-order valence-electron chi connectivity index (χ0n) is 19.2. The second-order valence-electron chi connectivity index (χ2n) is 8.53. The Bertz CT molecular complexity index is 1370. The Hall–Kier alpha value is -2.64. The summed E-state index contributed by atoms with van der Waals surface area (Å²) in [6.07, 6.45) is 4.49. The lowest BCUT2D eigenvalue weighted by molar-refractivity contribution is 0.204. The lowest BCUT2D eigenvalue weighted by atomic mass is 9.89. The maximum Gasteiger partial charge on any atom is 0.231 e. The monoisotopic (exact) mass is 533 g/mol. The minimum absolute atomic E-state index is 0.208. The van der Waals surface area contributed by atoms with E-state index in [4.69, 9.17) is 27.9 Å². The maximum atomic E-state index is 11.4. The van der Waals surface area contributed by atoms with Gasteiger partial charge in [-0.2, -0.15) is 5.26 Å². The molecule has 0 atom stereocenters. The molecule has 1 aliphatic heterocycles. The van der Waals surface area contributed by atoms with Crippen molar-refractivity contribution in [2.45, 2.75) is 25.3 Å². The number of ether oxygens (including phenoxy) is 1. The SMILES string of the molecule is CS(=O)(=O)Nc1cnc2cc(C3CCN(Cc4cc(Cl)c(OCCCl)c(C#N)c4)CC3)ccc2n1. The highest BCUT2D eigenvalue weighted by atomic mass is 35.5. The molecule has 1 saturated heterocycles. The summed E-state index contributed by atoms with van der Waals surface area (Å²) >= 11 is 12.1. The highest BCUT2D eigenvalue weighted by Gasteiger charge is 2.22. The number of likely N-dealkylation sites (tertiary alicyclic amines) is 1. The third-order valence-electron chi connectivity index (χ3n) is 5.87. The Morgan fingerprint density at radius 3 is 2.69 bits per heavy atom. The summed E-state index contributed by atoms with van der Waals surface area (Å²) in [6.45, 7) is 2.82. The van der Waals surface area contributed by atoms with Crippen LogP contribution in [0, 0.1) is 11.3 Å². The molecule has 11 heteroatoms. The number of nitrogens with zero attached hydrogens (tertiary/aromatic N) is 4. The van der Waals surface area contributed by atoms with Gasteiger partial charge in [0, 0.05) is 6.54 Å². The van der Waals surface area contributed by atoms with Gasteiger partial charge >= 0.3 is 0 Å². The molecule has 8 nitrogen and oxygen atoms in total. The van der Waals surface area contributed by atoms with Crippen LogP contribution in [0.5, 0.6) is 5.75 Å². The lowest BCUT2D eigenvalue weighted by Crippen LogP contribution is -2.32. The molecular formula is C24H25Cl2N5O3S. The van der Waals surface area contributed by atoms with E-state index < -0.39 is 10.0 Å². The molecule has 0 aliphatic carbocycles. The first-order valence-corrected chi connectivity index (χ1v) is 13.9. The molecule has 0 spiro atoms. The van der Waals surface area contributed by atoms with Crippen molar-refractivity contribution in [3.63, 3.8) is 0 Å². The molecule has 0 radical (unpaired) electrons. The number of hydrogen-bond donors (Lipinski definition) is 1. The van der Waals surface area contributed by atoms with Crippen LogP contribution in [0.4, 0.5) is 5.82 Å². The van der Waals surface area contributed by atoms with Gasteiger partial charge in [-0.05, 0) is 67.2 Å². The minimum atomic E-state index is -3.40. The van der Waals surface area contributed by atoms with Gasteiger partial charge < -0.3 is 4.74 Å². The number of fused-ring (bicyclic) bond motifs is 1. The summed E-state index contributed by atoms with van der Waals surface area (Å²) in [5, 5.41) is 9.92. The molecule has 2 heterocycles. The summed E-state index contributed by atoms with van der Waals surface area (Å²) < 4.78 is 30.7. The van der Waals surface area contributed by atoms with Crippen molar-refractivity contribution < 1.29 is 13.2 Å². The van der Waals surface area contributed by atoms with Crippen LogP contribution < -0.4 is 9.46 Å². The molecule has 0 saturated carbocycles. The standard InChI is InChI=1S/C24H25Cl2N5O3S/c1-35(32,33)30-23-14-28-22-12-18(2-3-21(22)29-23)17-4-7-31(8-5-17)15-16-10-19(13-27)24(20(26)11-16)34-9-6-25/h2-3,10-12,14,17H,4-9,15H2,1H3,(H,29,30). The third-order valence-corrected chi connectivity index (χ3v) is 6.88. The first-order valence-electron chi connectivity index (χ1n) is 11.1. The van der Waals surface area contributed by atoms with Crippen molar-refractivity contribution in [3.8, 4) is 11.8 Å². The molecule has 0 unspecified atom stereocenters. The molecule has 0 amide bonds. The summed E-state index contributed by atoms with van der Waals surface area (Å²) in [5.41, 5.74) is 3.97. The number of piperidine rings is 1. The van der Waals surface area contributed by atoms with Gasteiger partial charge in [-0.15, -0.1) is 11.6 Å². The predicted molar refractivity (Wildman–Crippen MR) is 138 cm³/mol. The molecule has 1 aromatic heterocycles. The van der Waals surface area contributed by atoms with Crippen LogP contribution in [0.1, 0.15) is 35.4 Å². The molecule has 4 rings (SSSR count). The predicted octanol–water partition coefficient (Wildman–Crippen LogP) is 4.52. The van der Waals surface area contributed by atoms with Gasteiger partial charge in [0.2, 0.25) is 10.0 Å². The quantitative estimate of drug-likeness (QED) is 0.423. The van der Waals surface area contributed by atoms with Crippen LogP contribution in [0.25, 0.3) is 11.0 Å². The summed E-state index contributed by atoms with van der Waals surface area (Å²) in [5.74, 6) is 1.31. The largest absolute Gasteiger partial charge is 0.489 e. The molecular weight excluding hydrogens is 509 g/mol. The fourth-order valence-corrected chi connectivity index (χ4v) is 5.17. The van der Waals surface area contributed by atoms with E-state index in [2.05, 4.69) is 25.7 Å². The highest BCUT2D eigenvalue weighted by Crippen LogP contribution is 2.33. The second kappa shape index (κ2) is 11.0. The zero-order valence-corrected chi connectivity index (χ0v) is 21.5. The van der Waals surface area contributed by atoms with E-state index in [1.807, 2.05) is 30.3 Å². The first kappa shape index (κ1) is 25.5. The van der Waals surface area contributed by atoms with Gasteiger partial charge in [-0.25, -0.2) is 13.4 Å². The van der Waals surface area contributed by atoms with Crippen molar-refractivity contribution in [1.29, 1.82) is 5.26 Å².